The van der Waals surface area contributed by atoms with Crippen LogP contribution in [0.3, 0.4) is 0 Å². The molecule has 5 heteroatoms. The van der Waals surface area contributed by atoms with Gasteiger partial charge in [-0.15, -0.1) is 0 Å². The summed E-state index contributed by atoms with van der Waals surface area (Å²) in [6, 6.07) is 0. The Morgan fingerprint density at radius 2 is 2.20 bits per heavy atom. The highest BCUT2D eigenvalue weighted by Gasteiger charge is 2.23. The molecule has 0 radical (unpaired) electrons. The van der Waals surface area contributed by atoms with Crippen LogP contribution in [-0.4, -0.2) is 28.5 Å². The van der Waals surface area contributed by atoms with Crippen molar-refractivity contribution in [3.8, 4) is 0 Å². The molecule has 0 bridgehead atoms. The first-order chi connectivity index (χ1) is 7.31. The van der Waals surface area contributed by atoms with E-state index >= 15 is 0 Å². The Morgan fingerprint density at radius 1 is 1.47 bits per heavy atom. The molecule has 1 N–H and O–H groups in total. The number of aromatic nitrogens is 2. The van der Waals surface area contributed by atoms with E-state index in [0.717, 1.165) is 26.1 Å². The van der Waals surface area contributed by atoms with E-state index in [2.05, 4.69) is 10.1 Å². The summed E-state index contributed by atoms with van der Waals surface area (Å²) in [5.41, 5.74) is 0. The van der Waals surface area contributed by atoms with E-state index in [1.807, 2.05) is 6.92 Å². The molecule has 1 aromatic heterocycles. The van der Waals surface area contributed by atoms with Gasteiger partial charge in [0, 0.05) is 19.1 Å². The molecule has 1 aliphatic rings. The standard InChI is InChI=1S/C10H16N2O3/c1-2-8(13)9-11-10(15-12-9)7-3-5-14-6-4-7/h7-8,13H,2-6H2,1H3. The number of hydrogen-bond donors (Lipinski definition) is 1. The summed E-state index contributed by atoms with van der Waals surface area (Å²) in [5.74, 6) is 1.34. The van der Waals surface area contributed by atoms with Crippen LogP contribution in [0.1, 0.15) is 49.9 Å². The number of hydrogen-bond acceptors (Lipinski definition) is 5. The summed E-state index contributed by atoms with van der Waals surface area (Å²) in [6.07, 6.45) is 1.84. The van der Waals surface area contributed by atoms with Gasteiger partial charge in [-0.05, 0) is 19.3 Å². The molecule has 1 aromatic rings. The topological polar surface area (TPSA) is 68.4 Å². The molecule has 2 rings (SSSR count). The number of nitrogens with zero attached hydrogens (tertiary/aromatic N) is 2. The lowest BCUT2D eigenvalue weighted by atomic mass is 10.0. The van der Waals surface area contributed by atoms with Crippen LogP contribution in [0.4, 0.5) is 0 Å². The van der Waals surface area contributed by atoms with Gasteiger partial charge in [-0.25, -0.2) is 0 Å². The van der Waals surface area contributed by atoms with E-state index in [4.69, 9.17) is 9.26 Å². The predicted molar refractivity (Wildman–Crippen MR) is 52.3 cm³/mol. The highest BCUT2D eigenvalue weighted by molar-refractivity contribution is 4.97. The Balaban J connectivity index is 2.05. The van der Waals surface area contributed by atoms with Gasteiger partial charge in [-0.1, -0.05) is 12.1 Å². The minimum Gasteiger partial charge on any atom is -0.385 e. The summed E-state index contributed by atoms with van der Waals surface area (Å²) in [6.45, 7) is 3.38. The van der Waals surface area contributed by atoms with E-state index in [9.17, 15) is 5.11 Å². The minimum atomic E-state index is -0.609. The van der Waals surface area contributed by atoms with E-state index in [1.165, 1.54) is 0 Å². The van der Waals surface area contributed by atoms with Crippen molar-refractivity contribution in [1.82, 2.24) is 10.1 Å². The van der Waals surface area contributed by atoms with Crippen molar-refractivity contribution in [2.75, 3.05) is 13.2 Å². The monoisotopic (exact) mass is 212 g/mol. The molecule has 1 fully saturated rings. The van der Waals surface area contributed by atoms with Crippen molar-refractivity contribution >= 4 is 0 Å². The highest BCUT2D eigenvalue weighted by atomic mass is 16.5. The third-order valence-corrected chi connectivity index (χ3v) is 2.71. The van der Waals surface area contributed by atoms with Crippen molar-refractivity contribution in [3.63, 3.8) is 0 Å². The van der Waals surface area contributed by atoms with Gasteiger partial charge < -0.3 is 14.4 Å². The maximum absolute atomic E-state index is 9.53. The number of rotatable bonds is 3. The second-order valence-electron chi connectivity index (χ2n) is 3.80. The van der Waals surface area contributed by atoms with Gasteiger partial charge in [0.1, 0.15) is 6.10 Å². The zero-order chi connectivity index (χ0) is 10.7. The SMILES string of the molecule is CCC(O)c1noc(C2CCOCC2)n1. The van der Waals surface area contributed by atoms with Gasteiger partial charge in [0.05, 0.1) is 0 Å². The van der Waals surface area contributed by atoms with E-state index in [1.54, 1.807) is 0 Å². The van der Waals surface area contributed by atoms with Crippen LogP contribution in [-0.2, 0) is 4.74 Å². The first-order valence-corrected chi connectivity index (χ1v) is 5.40. The number of aliphatic hydroxyl groups excluding tert-OH is 1. The molecule has 0 aromatic carbocycles. The van der Waals surface area contributed by atoms with Crippen molar-refractivity contribution in [2.24, 2.45) is 0 Å². The Kier molecular flexibility index (Phi) is 3.33. The second kappa shape index (κ2) is 4.72. The molecule has 0 saturated carbocycles. The van der Waals surface area contributed by atoms with Crippen LogP contribution in [0.15, 0.2) is 4.52 Å². The molecule has 0 aliphatic carbocycles. The quantitative estimate of drug-likeness (QED) is 0.820. The zero-order valence-corrected chi connectivity index (χ0v) is 8.85. The Morgan fingerprint density at radius 3 is 2.87 bits per heavy atom. The molecule has 1 aliphatic heterocycles. The Bertz CT molecular complexity index is 307. The Hall–Kier alpha value is -0.940. The van der Waals surface area contributed by atoms with Crippen LogP contribution in [0.2, 0.25) is 0 Å². The summed E-state index contributed by atoms with van der Waals surface area (Å²) in [5, 5.41) is 13.3. The average Bonchev–Trinajstić information content (AvgIpc) is 2.78. The molecule has 1 atom stereocenters. The first-order valence-electron chi connectivity index (χ1n) is 5.40. The predicted octanol–water partition coefficient (Wildman–Crippen LogP) is 1.41. The Labute approximate surface area is 88.4 Å². The summed E-state index contributed by atoms with van der Waals surface area (Å²) >= 11 is 0. The average molecular weight is 212 g/mol. The molecular formula is C10H16N2O3. The van der Waals surface area contributed by atoms with Crippen molar-refractivity contribution in [1.29, 1.82) is 0 Å². The van der Waals surface area contributed by atoms with Crippen LogP contribution in [0.5, 0.6) is 0 Å². The molecule has 84 valence electrons. The van der Waals surface area contributed by atoms with E-state index in [-0.39, 0.29) is 0 Å². The fourth-order valence-corrected chi connectivity index (χ4v) is 1.68. The summed E-state index contributed by atoms with van der Waals surface area (Å²) in [4.78, 5) is 4.22. The second-order valence-corrected chi connectivity index (χ2v) is 3.80. The lowest BCUT2D eigenvalue weighted by Crippen LogP contribution is -2.14. The molecular weight excluding hydrogens is 196 g/mol. The molecule has 5 nitrogen and oxygen atoms in total. The largest absolute Gasteiger partial charge is 0.385 e. The first kappa shape index (κ1) is 10.6. The fourth-order valence-electron chi connectivity index (χ4n) is 1.68. The van der Waals surface area contributed by atoms with Crippen LogP contribution < -0.4 is 0 Å². The normalized spacial score (nSPS) is 20.4. The molecule has 0 amide bonds. The molecule has 1 unspecified atom stereocenters. The number of ether oxygens (including phenoxy) is 1. The summed E-state index contributed by atoms with van der Waals surface area (Å²) in [7, 11) is 0. The lowest BCUT2D eigenvalue weighted by Gasteiger charge is -2.17. The fraction of sp³-hybridized carbons (Fsp3) is 0.800. The molecule has 1 saturated heterocycles. The molecule has 15 heavy (non-hydrogen) atoms. The minimum absolute atomic E-state index is 0.295. The number of aliphatic hydroxyl groups is 1. The summed E-state index contributed by atoms with van der Waals surface area (Å²) < 4.78 is 10.4. The van der Waals surface area contributed by atoms with Crippen molar-refractivity contribution in [3.05, 3.63) is 11.7 Å². The third-order valence-electron chi connectivity index (χ3n) is 2.71. The van der Waals surface area contributed by atoms with Crippen molar-refractivity contribution in [2.45, 2.75) is 38.2 Å². The van der Waals surface area contributed by atoms with E-state index in [0.29, 0.717) is 24.1 Å². The van der Waals surface area contributed by atoms with Crippen LogP contribution >= 0.6 is 0 Å². The third kappa shape index (κ3) is 2.35. The molecule has 0 spiro atoms. The van der Waals surface area contributed by atoms with Gasteiger partial charge in [0.25, 0.3) is 0 Å². The van der Waals surface area contributed by atoms with Crippen LogP contribution in [0.25, 0.3) is 0 Å². The maximum Gasteiger partial charge on any atom is 0.230 e. The van der Waals surface area contributed by atoms with Gasteiger partial charge in [0.15, 0.2) is 5.82 Å². The maximum atomic E-state index is 9.53. The smallest absolute Gasteiger partial charge is 0.230 e. The van der Waals surface area contributed by atoms with Gasteiger partial charge in [-0.2, -0.15) is 4.98 Å². The highest BCUT2D eigenvalue weighted by Crippen LogP contribution is 2.26. The van der Waals surface area contributed by atoms with Gasteiger partial charge in [0.2, 0.25) is 5.89 Å². The lowest BCUT2D eigenvalue weighted by molar-refractivity contribution is 0.0778. The van der Waals surface area contributed by atoms with E-state index < -0.39 is 6.10 Å². The van der Waals surface area contributed by atoms with Gasteiger partial charge >= 0.3 is 0 Å². The van der Waals surface area contributed by atoms with Crippen LogP contribution in [0, 0.1) is 0 Å². The van der Waals surface area contributed by atoms with Crippen molar-refractivity contribution < 1.29 is 14.4 Å². The zero-order valence-electron chi connectivity index (χ0n) is 8.85. The molecule has 2 heterocycles. The van der Waals surface area contributed by atoms with Gasteiger partial charge in [-0.3, -0.25) is 0 Å².